The maximum absolute atomic E-state index is 12.0. The van der Waals surface area contributed by atoms with Crippen LogP contribution in [0, 0.1) is 0 Å². The van der Waals surface area contributed by atoms with Crippen molar-refractivity contribution < 1.29 is 13.2 Å². The number of benzene rings is 1. The van der Waals surface area contributed by atoms with Gasteiger partial charge < -0.3 is 4.74 Å². The molecule has 0 amide bonds. The van der Waals surface area contributed by atoms with Crippen LogP contribution in [0.25, 0.3) is 0 Å². The van der Waals surface area contributed by atoms with Gasteiger partial charge in [-0.3, -0.25) is 0 Å². The Hall–Kier alpha value is -0.520. The van der Waals surface area contributed by atoms with Gasteiger partial charge in [-0.25, -0.2) is 8.42 Å². The van der Waals surface area contributed by atoms with Gasteiger partial charge >= 0.3 is 0 Å². The summed E-state index contributed by atoms with van der Waals surface area (Å²) in [6.45, 7) is 0.847. The lowest BCUT2D eigenvalue weighted by Gasteiger charge is -2.09. The van der Waals surface area contributed by atoms with Crippen molar-refractivity contribution in [3.63, 3.8) is 0 Å². The van der Waals surface area contributed by atoms with Crippen LogP contribution in [-0.2, 0) is 14.6 Å². The van der Waals surface area contributed by atoms with E-state index in [4.69, 9.17) is 4.74 Å². The summed E-state index contributed by atoms with van der Waals surface area (Å²) in [5, 5.41) is -0.386. The lowest BCUT2D eigenvalue weighted by atomic mass is 10.4. The predicted octanol–water partition coefficient (Wildman–Crippen LogP) is 1.54. The molecule has 82 valence electrons. The maximum atomic E-state index is 12.0. The van der Waals surface area contributed by atoms with Crippen LogP contribution in [0.5, 0.6) is 0 Å². The highest BCUT2D eigenvalue weighted by molar-refractivity contribution is 7.92. The number of hydrogen-bond donors (Lipinski definition) is 1. The van der Waals surface area contributed by atoms with E-state index in [0.717, 1.165) is 4.90 Å². The molecule has 1 saturated heterocycles. The van der Waals surface area contributed by atoms with E-state index < -0.39 is 9.84 Å². The largest absolute Gasteiger partial charge is 0.380 e. The van der Waals surface area contributed by atoms with Gasteiger partial charge in [0.1, 0.15) is 0 Å². The van der Waals surface area contributed by atoms with Crippen LogP contribution in [0.1, 0.15) is 6.42 Å². The minimum atomic E-state index is -3.21. The first-order valence-corrected chi connectivity index (χ1v) is 6.71. The number of ether oxygens (including phenoxy) is 1. The molecule has 1 unspecified atom stereocenters. The normalized spacial score (nSPS) is 21.8. The molecule has 5 heteroatoms. The van der Waals surface area contributed by atoms with E-state index in [0.29, 0.717) is 24.5 Å². The van der Waals surface area contributed by atoms with Crippen LogP contribution in [-0.4, -0.2) is 26.9 Å². The van der Waals surface area contributed by atoms with E-state index in [2.05, 4.69) is 12.6 Å². The highest BCUT2D eigenvalue weighted by Crippen LogP contribution is 2.23. The molecule has 0 radical (unpaired) electrons. The van der Waals surface area contributed by atoms with Crippen molar-refractivity contribution in [2.45, 2.75) is 21.5 Å². The first-order chi connectivity index (χ1) is 7.10. The lowest BCUT2D eigenvalue weighted by Crippen LogP contribution is -2.21. The van der Waals surface area contributed by atoms with Gasteiger partial charge in [-0.2, -0.15) is 0 Å². The van der Waals surface area contributed by atoms with Crippen molar-refractivity contribution in [3.8, 4) is 0 Å². The molecule has 0 bridgehead atoms. The molecule has 0 N–H and O–H groups in total. The second-order valence-electron chi connectivity index (χ2n) is 3.52. The summed E-state index contributed by atoms with van der Waals surface area (Å²) >= 11 is 4.12. The Morgan fingerprint density at radius 3 is 2.47 bits per heavy atom. The SMILES string of the molecule is O=S(=O)(c1ccc(S)cc1)C1CCOC1. The second kappa shape index (κ2) is 4.15. The van der Waals surface area contributed by atoms with Crippen LogP contribution in [0.15, 0.2) is 34.1 Å². The van der Waals surface area contributed by atoms with Gasteiger partial charge in [0.15, 0.2) is 9.84 Å². The van der Waals surface area contributed by atoms with Crippen molar-refractivity contribution >= 4 is 22.5 Å². The fourth-order valence-electron chi connectivity index (χ4n) is 1.59. The summed E-state index contributed by atoms with van der Waals surface area (Å²) in [6.07, 6.45) is 0.588. The van der Waals surface area contributed by atoms with E-state index in [1.807, 2.05) is 0 Å². The highest BCUT2D eigenvalue weighted by atomic mass is 32.2. The van der Waals surface area contributed by atoms with Gasteiger partial charge in [0, 0.05) is 11.5 Å². The number of sulfone groups is 1. The molecule has 3 nitrogen and oxygen atoms in total. The Balaban J connectivity index is 2.32. The topological polar surface area (TPSA) is 43.4 Å². The van der Waals surface area contributed by atoms with Gasteiger partial charge in [-0.05, 0) is 30.7 Å². The molecular weight excluding hydrogens is 232 g/mol. The van der Waals surface area contributed by atoms with Crippen LogP contribution in [0.3, 0.4) is 0 Å². The molecule has 1 aliphatic heterocycles. The summed E-state index contributed by atoms with van der Waals surface area (Å²) in [5.41, 5.74) is 0. The Labute approximate surface area is 94.8 Å². The lowest BCUT2D eigenvalue weighted by molar-refractivity contribution is 0.198. The Kier molecular flexibility index (Phi) is 3.04. The minimum Gasteiger partial charge on any atom is -0.380 e. The smallest absolute Gasteiger partial charge is 0.183 e. The zero-order valence-corrected chi connectivity index (χ0v) is 9.80. The third-order valence-electron chi connectivity index (χ3n) is 2.49. The van der Waals surface area contributed by atoms with E-state index in [9.17, 15) is 8.42 Å². The van der Waals surface area contributed by atoms with Gasteiger partial charge in [0.05, 0.1) is 16.8 Å². The average Bonchev–Trinajstić information content (AvgIpc) is 2.71. The van der Waals surface area contributed by atoms with Crippen molar-refractivity contribution in [1.82, 2.24) is 0 Å². The number of thiol groups is 1. The summed E-state index contributed by atoms with van der Waals surface area (Å²) in [6, 6.07) is 6.56. The third-order valence-corrected chi connectivity index (χ3v) is 4.97. The highest BCUT2D eigenvalue weighted by Gasteiger charge is 2.30. The van der Waals surface area contributed by atoms with Crippen LogP contribution < -0.4 is 0 Å². The second-order valence-corrected chi connectivity index (χ2v) is 6.27. The summed E-state index contributed by atoms with van der Waals surface area (Å²) in [4.78, 5) is 1.12. The quantitative estimate of drug-likeness (QED) is 0.802. The summed E-state index contributed by atoms with van der Waals surface area (Å²) in [7, 11) is -3.21. The minimum absolute atomic E-state index is 0.310. The molecule has 1 aliphatic rings. The molecule has 1 heterocycles. The van der Waals surface area contributed by atoms with E-state index >= 15 is 0 Å². The van der Waals surface area contributed by atoms with E-state index in [1.165, 1.54) is 0 Å². The fourth-order valence-corrected chi connectivity index (χ4v) is 3.32. The number of hydrogen-bond acceptors (Lipinski definition) is 4. The Morgan fingerprint density at radius 2 is 1.93 bits per heavy atom. The summed E-state index contributed by atoms with van der Waals surface area (Å²) in [5.74, 6) is 0. The fraction of sp³-hybridized carbons (Fsp3) is 0.400. The van der Waals surface area contributed by atoms with Crippen molar-refractivity contribution in [2.24, 2.45) is 0 Å². The standard InChI is InChI=1S/C10H12O3S2/c11-15(12,10-5-6-13-7-10)9-3-1-8(14)2-4-9/h1-4,10,14H,5-7H2. The summed E-state index contributed by atoms with van der Waals surface area (Å²) < 4.78 is 29.2. The number of rotatable bonds is 2. The predicted molar refractivity (Wildman–Crippen MR) is 60.1 cm³/mol. The van der Waals surface area contributed by atoms with Crippen molar-refractivity contribution in [1.29, 1.82) is 0 Å². The monoisotopic (exact) mass is 244 g/mol. The van der Waals surface area contributed by atoms with Gasteiger partial charge in [0.25, 0.3) is 0 Å². The average molecular weight is 244 g/mol. The van der Waals surface area contributed by atoms with Gasteiger partial charge in [0.2, 0.25) is 0 Å². The molecular formula is C10H12O3S2. The molecule has 0 aliphatic carbocycles. The van der Waals surface area contributed by atoms with Crippen molar-refractivity contribution in [3.05, 3.63) is 24.3 Å². The molecule has 1 aromatic carbocycles. The van der Waals surface area contributed by atoms with Crippen LogP contribution in [0.4, 0.5) is 0 Å². The molecule has 2 rings (SSSR count). The zero-order chi connectivity index (χ0) is 10.9. The molecule has 0 saturated carbocycles. The Morgan fingerprint density at radius 1 is 1.27 bits per heavy atom. The van der Waals surface area contributed by atoms with E-state index in [1.54, 1.807) is 24.3 Å². The van der Waals surface area contributed by atoms with Gasteiger partial charge in [-0.15, -0.1) is 12.6 Å². The molecule has 15 heavy (non-hydrogen) atoms. The van der Waals surface area contributed by atoms with Crippen molar-refractivity contribution in [2.75, 3.05) is 13.2 Å². The molecule has 0 spiro atoms. The zero-order valence-electron chi connectivity index (χ0n) is 8.09. The molecule has 1 atom stereocenters. The molecule has 0 aromatic heterocycles. The van der Waals surface area contributed by atoms with Gasteiger partial charge in [-0.1, -0.05) is 0 Å². The first-order valence-electron chi connectivity index (χ1n) is 4.71. The van der Waals surface area contributed by atoms with Crippen LogP contribution in [0.2, 0.25) is 0 Å². The third kappa shape index (κ3) is 2.19. The maximum Gasteiger partial charge on any atom is 0.183 e. The van der Waals surface area contributed by atoms with Crippen LogP contribution >= 0.6 is 12.6 Å². The van der Waals surface area contributed by atoms with E-state index in [-0.39, 0.29) is 5.25 Å². The first kappa shape index (κ1) is 11.0. The molecule has 1 aromatic rings. The molecule has 1 fully saturated rings. The Bertz CT molecular complexity index is 430.